The molecule has 0 amide bonds. The van der Waals surface area contributed by atoms with E-state index < -0.39 is 0 Å². The van der Waals surface area contributed by atoms with E-state index in [4.69, 9.17) is 9.47 Å². The van der Waals surface area contributed by atoms with Crippen LogP contribution in [0.25, 0.3) is 0 Å². The molecule has 1 aliphatic carbocycles. The number of aryl methyl sites for hydroxylation is 1. The number of rotatable bonds is 4. The average Bonchev–Trinajstić information content (AvgIpc) is 3.07. The molecule has 2 fully saturated rings. The highest BCUT2D eigenvalue weighted by atomic mass is 32.1. The summed E-state index contributed by atoms with van der Waals surface area (Å²) in [5.41, 5.74) is 3.41. The predicted octanol–water partition coefficient (Wildman–Crippen LogP) is 3.24. The molecule has 1 saturated carbocycles. The van der Waals surface area contributed by atoms with Crippen molar-refractivity contribution >= 4 is 28.8 Å². The molecule has 0 bridgehead atoms. The molecule has 1 unspecified atom stereocenters. The SMILES string of the molecule is COC(=O)C1=C(C)N=C2CCCC(=O)C2[C@@H]1c1cc(CN2CCOCC2)c(C)s1. The third-order valence-corrected chi connectivity index (χ3v) is 7.33. The van der Waals surface area contributed by atoms with E-state index in [0.29, 0.717) is 17.7 Å². The van der Waals surface area contributed by atoms with Gasteiger partial charge in [0.1, 0.15) is 5.78 Å². The molecule has 156 valence electrons. The number of allylic oxidation sites excluding steroid dienone is 1. The summed E-state index contributed by atoms with van der Waals surface area (Å²) < 4.78 is 10.5. The molecule has 0 radical (unpaired) electrons. The van der Waals surface area contributed by atoms with Crippen LogP contribution in [0.3, 0.4) is 0 Å². The van der Waals surface area contributed by atoms with E-state index in [1.54, 1.807) is 11.3 Å². The first-order valence-electron chi connectivity index (χ1n) is 10.3. The first-order chi connectivity index (χ1) is 14.0. The number of ether oxygens (including phenoxy) is 2. The number of carbonyl (C=O) groups excluding carboxylic acids is 2. The largest absolute Gasteiger partial charge is 0.466 e. The summed E-state index contributed by atoms with van der Waals surface area (Å²) in [6.07, 6.45) is 2.22. The van der Waals surface area contributed by atoms with E-state index >= 15 is 0 Å². The highest BCUT2D eigenvalue weighted by Crippen LogP contribution is 2.45. The van der Waals surface area contributed by atoms with Gasteiger partial charge >= 0.3 is 5.97 Å². The maximum absolute atomic E-state index is 12.9. The Morgan fingerprint density at radius 3 is 2.76 bits per heavy atom. The van der Waals surface area contributed by atoms with Crippen LogP contribution in [-0.4, -0.2) is 55.8 Å². The van der Waals surface area contributed by atoms with Crippen molar-refractivity contribution in [2.24, 2.45) is 10.9 Å². The van der Waals surface area contributed by atoms with Gasteiger partial charge in [-0.1, -0.05) is 0 Å². The number of Topliss-reactive ketones (excluding diaryl/α,β-unsaturated/α-hetero) is 1. The first-order valence-corrected chi connectivity index (χ1v) is 11.1. The number of carbonyl (C=O) groups is 2. The van der Waals surface area contributed by atoms with Gasteiger partial charge in [0.25, 0.3) is 0 Å². The zero-order chi connectivity index (χ0) is 20.5. The second kappa shape index (κ2) is 8.50. The average molecular weight is 417 g/mol. The number of morpholine rings is 1. The van der Waals surface area contributed by atoms with Crippen LogP contribution in [0.5, 0.6) is 0 Å². The van der Waals surface area contributed by atoms with Crippen molar-refractivity contribution in [3.8, 4) is 0 Å². The fourth-order valence-electron chi connectivity index (χ4n) is 4.66. The van der Waals surface area contributed by atoms with Crippen LogP contribution in [0.4, 0.5) is 0 Å². The Kier molecular flexibility index (Phi) is 5.99. The number of esters is 1. The quantitative estimate of drug-likeness (QED) is 0.705. The van der Waals surface area contributed by atoms with Crippen molar-refractivity contribution < 1.29 is 19.1 Å². The third kappa shape index (κ3) is 3.96. The number of methoxy groups -OCH3 is 1. The highest BCUT2D eigenvalue weighted by Gasteiger charge is 2.44. The van der Waals surface area contributed by atoms with Gasteiger partial charge in [-0.15, -0.1) is 11.3 Å². The van der Waals surface area contributed by atoms with Crippen LogP contribution < -0.4 is 0 Å². The van der Waals surface area contributed by atoms with E-state index in [0.717, 1.165) is 56.3 Å². The number of hydrogen-bond acceptors (Lipinski definition) is 7. The lowest BCUT2D eigenvalue weighted by Gasteiger charge is -2.34. The minimum absolute atomic E-state index is 0.190. The molecule has 3 aliphatic rings. The summed E-state index contributed by atoms with van der Waals surface area (Å²) in [5, 5.41) is 0. The molecule has 29 heavy (non-hydrogen) atoms. The Morgan fingerprint density at radius 1 is 1.28 bits per heavy atom. The topological polar surface area (TPSA) is 68.2 Å². The number of aliphatic imine (C=N–C) groups is 1. The molecule has 2 aliphatic heterocycles. The van der Waals surface area contributed by atoms with Crippen LogP contribution >= 0.6 is 11.3 Å². The van der Waals surface area contributed by atoms with Gasteiger partial charge < -0.3 is 9.47 Å². The number of nitrogens with zero attached hydrogens (tertiary/aromatic N) is 2. The van der Waals surface area contributed by atoms with Crippen molar-refractivity contribution in [2.75, 3.05) is 33.4 Å². The van der Waals surface area contributed by atoms with Crippen LogP contribution in [-0.2, 0) is 25.6 Å². The second-order valence-corrected chi connectivity index (χ2v) is 9.28. The lowest BCUT2D eigenvalue weighted by molar-refractivity contribution is -0.136. The lowest BCUT2D eigenvalue weighted by Crippen LogP contribution is -2.38. The molecule has 0 N–H and O–H groups in total. The minimum Gasteiger partial charge on any atom is -0.466 e. The van der Waals surface area contributed by atoms with Gasteiger partial charge in [0.15, 0.2) is 0 Å². The van der Waals surface area contributed by atoms with Crippen LogP contribution in [0.1, 0.15) is 47.4 Å². The lowest BCUT2D eigenvalue weighted by atomic mass is 9.71. The molecule has 2 atom stereocenters. The molecule has 7 heteroatoms. The molecule has 1 aromatic rings. The van der Waals surface area contributed by atoms with E-state index in [2.05, 4.69) is 22.9 Å². The summed E-state index contributed by atoms with van der Waals surface area (Å²) in [4.78, 5) is 34.9. The Labute approximate surface area is 175 Å². The van der Waals surface area contributed by atoms with Gasteiger partial charge in [-0.05, 0) is 38.3 Å². The molecule has 6 nitrogen and oxygen atoms in total. The predicted molar refractivity (Wildman–Crippen MR) is 112 cm³/mol. The van der Waals surface area contributed by atoms with Gasteiger partial charge in [0.2, 0.25) is 0 Å². The van der Waals surface area contributed by atoms with E-state index in [1.807, 2.05) is 6.92 Å². The standard InChI is InChI=1S/C22H28N2O4S/c1-13-19(22(26)27-3)21(20-16(23-13)5-4-6-17(20)25)18-11-15(14(2)29-18)12-24-7-9-28-10-8-24/h11,20-21H,4-10,12H2,1-3H3/t20?,21-/m1/s1. The fourth-order valence-corrected chi connectivity index (χ4v) is 5.85. The molecular formula is C22H28N2O4S. The maximum Gasteiger partial charge on any atom is 0.336 e. The van der Waals surface area contributed by atoms with Crippen molar-refractivity contribution in [1.82, 2.24) is 4.90 Å². The monoisotopic (exact) mass is 416 g/mol. The molecule has 1 saturated heterocycles. The normalized spacial score (nSPS) is 25.6. The molecular weight excluding hydrogens is 388 g/mol. The molecule has 0 aromatic carbocycles. The highest BCUT2D eigenvalue weighted by molar-refractivity contribution is 7.12. The smallest absolute Gasteiger partial charge is 0.336 e. The number of hydrogen-bond donors (Lipinski definition) is 0. The molecule has 0 spiro atoms. The van der Waals surface area contributed by atoms with Gasteiger partial charge in [0.05, 0.1) is 31.8 Å². The zero-order valence-electron chi connectivity index (χ0n) is 17.3. The summed E-state index contributed by atoms with van der Waals surface area (Å²) in [7, 11) is 1.39. The van der Waals surface area contributed by atoms with Gasteiger partial charge in [-0.25, -0.2) is 4.79 Å². The summed E-state index contributed by atoms with van der Waals surface area (Å²) >= 11 is 1.69. The fraction of sp³-hybridized carbons (Fsp3) is 0.591. The van der Waals surface area contributed by atoms with Crippen LogP contribution in [0.15, 0.2) is 22.3 Å². The number of ketones is 1. The van der Waals surface area contributed by atoms with Crippen molar-refractivity contribution in [2.45, 2.75) is 45.6 Å². The van der Waals surface area contributed by atoms with E-state index in [-0.39, 0.29) is 23.6 Å². The molecule has 1 aromatic heterocycles. The van der Waals surface area contributed by atoms with Crippen molar-refractivity contribution in [3.63, 3.8) is 0 Å². The van der Waals surface area contributed by atoms with Crippen molar-refractivity contribution in [1.29, 1.82) is 0 Å². The van der Waals surface area contributed by atoms with Gasteiger partial charge in [0, 0.05) is 53.1 Å². The molecule has 3 heterocycles. The van der Waals surface area contributed by atoms with Gasteiger partial charge in [-0.3, -0.25) is 14.7 Å². The second-order valence-electron chi connectivity index (χ2n) is 7.99. The maximum atomic E-state index is 12.9. The Morgan fingerprint density at radius 2 is 2.03 bits per heavy atom. The van der Waals surface area contributed by atoms with E-state index in [1.165, 1.54) is 17.6 Å². The first kappa shape index (κ1) is 20.4. The van der Waals surface area contributed by atoms with E-state index in [9.17, 15) is 9.59 Å². The van der Waals surface area contributed by atoms with Crippen LogP contribution in [0, 0.1) is 12.8 Å². The summed E-state index contributed by atoms with van der Waals surface area (Å²) in [6, 6.07) is 2.20. The zero-order valence-corrected chi connectivity index (χ0v) is 18.1. The number of thiophene rings is 1. The Balaban J connectivity index is 1.72. The summed E-state index contributed by atoms with van der Waals surface area (Å²) in [5.74, 6) is -0.815. The van der Waals surface area contributed by atoms with Crippen molar-refractivity contribution in [3.05, 3.63) is 32.7 Å². The third-order valence-electron chi connectivity index (χ3n) is 6.16. The Hall–Kier alpha value is -1.83. The minimum atomic E-state index is -0.380. The van der Waals surface area contributed by atoms with Crippen LogP contribution in [0.2, 0.25) is 0 Å². The van der Waals surface area contributed by atoms with Gasteiger partial charge in [-0.2, -0.15) is 0 Å². The molecule has 4 rings (SSSR count). The summed E-state index contributed by atoms with van der Waals surface area (Å²) in [6.45, 7) is 8.24. The Bertz CT molecular complexity index is 879. The number of fused-ring (bicyclic) bond motifs is 1.